The number of rotatable bonds is 4. The van der Waals surface area contributed by atoms with E-state index in [1.165, 1.54) is 6.07 Å². The van der Waals surface area contributed by atoms with Gasteiger partial charge in [-0.3, -0.25) is 4.79 Å². The number of hydrogen-bond donors (Lipinski definition) is 0. The Morgan fingerprint density at radius 3 is 2.30 bits per heavy atom. The van der Waals surface area contributed by atoms with Crippen molar-refractivity contribution in [2.45, 2.75) is 38.6 Å². The zero-order chi connectivity index (χ0) is 15.7. The van der Waals surface area contributed by atoms with Gasteiger partial charge in [-0.2, -0.15) is 0 Å². The molecule has 0 bridgehead atoms. The van der Waals surface area contributed by atoms with Gasteiger partial charge < -0.3 is 4.90 Å². The van der Waals surface area contributed by atoms with Crippen molar-refractivity contribution in [3.8, 4) is 0 Å². The number of amides is 1. The summed E-state index contributed by atoms with van der Waals surface area (Å²) in [5.41, 5.74) is 0.762. The van der Waals surface area contributed by atoms with Gasteiger partial charge in [-0.25, -0.2) is 8.42 Å². The van der Waals surface area contributed by atoms with E-state index in [4.69, 9.17) is 22.3 Å². The highest BCUT2D eigenvalue weighted by Gasteiger charge is 2.23. The van der Waals surface area contributed by atoms with Crippen LogP contribution in [-0.2, 0) is 9.05 Å². The molecule has 1 aromatic rings. The van der Waals surface area contributed by atoms with Gasteiger partial charge in [0.1, 0.15) is 4.90 Å². The van der Waals surface area contributed by atoms with E-state index in [0.29, 0.717) is 12.1 Å². The minimum absolute atomic E-state index is 0.0135. The van der Waals surface area contributed by atoms with Gasteiger partial charge in [-0.1, -0.05) is 11.6 Å². The molecule has 0 aliphatic carbocycles. The van der Waals surface area contributed by atoms with Gasteiger partial charge in [0, 0.05) is 28.8 Å². The van der Waals surface area contributed by atoms with Crippen molar-refractivity contribution in [1.29, 1.82) is 0 Å². The lowest BCUT2D eigenvalue weighted by Gasteiger charge is -2.25. The largest absolute Gasteiger partial charge is 0.337 e. The fourth-order valence-corrected chi connectivity index (χ4v) is 3.49. The second-order valence-electron chi connectivity index (χ2n) is 4.73. The number of nitrogens with zero attached hydrogens (tertiary/aromatic N) is 1. The first-order valence-electron chi connectivity index (χ1n) is 6.15. The highest BCUT2D eigenvalue weighted by atomic mass is 35.7. The average Bonchev–Trinajstić information content (AvgIpc) is 2.31. The Kier molecular flexibility index (Phi) is 5.46. The number of aryl methyl sites for hydroxylation is 1. The predicted octanol–water partition coefficient (Wildman–Crippen LogP) is 3.45. The Morgan fingerprint density at radius 1 is 1.35 bits per heavy atom. The van der Waals surface area contributed by atoms with Crippen molar-refractivity contribution in [3.63, 3.8) is 0 Å². The molecule has 4 nitrogen and oxygen atoms in total. The van der Waals surface area contributed by atoms with E-state index in [-0.39, 0.29) is 27.4 Å². The lowest BCUT2D eigenvalue weighted by molar-refractivity contribution is 0.0716. The summed E-state index contributed by atoms with van der Waals surface area (Å²) in [5, 5.41) is 0.0455. The standard InChI is InChI=1S/C13H17Cl2NO3S/c1-5-16(8(2)3)13(17)10-6-9(4)12(14)11(7-10)20(15,18)19/h6-8H,5H2,1-4H3. The summed E-state index contributed by atoms with van der Waals surface area (Å²) >= 11 is 5.94. The molecule has 0 heterocycles. The number of carbonyl (C=O) groups is 1. The first kappa shape index (κ1) is 17.3. The van der Waals surface area contributed by atoms with Crippen LogP contribution in [0.2, 0.25) is 5.02 Å². The molecule has 0 saturated carbocycles. The van der Waals surface area contributed by atoms with E-state index in [0.717, 1.165) is 0 Å². The molecular formula is C13H17Cl2NO3S. The fourth-order valence-electron chi connectivity index (χ4n) is 1.95. The third-order valence-corrected chi connectivity index (χ3v) is 4.92. The zero-order valence-electron chi connectivity index (χ0n) is 11.8. The molecular weight excluding hydrogens is 321 g/mol. The third kappa shape index (κ3) is 3.65. The third-order valence-electron chi connectivity index (χ3n) is 2.96. The summed E-state index contributed by atoms with van der Waals surface area (Å²) in [6, 6.07) is 2.81. The summed E-state index contributed by atoms with van der Waals surface area (Å²) in [7, 11) is 1.36. The molecule has 1 amide bonds. The Balaban J connectivity index is 3.42. The molecule has 0 unspecified atom stereocenters. The molecule has 20 heavy (non-hydrogen) atoms. The van der Waals surface area contributed by atoms with Gasteiger partial charge in [0.2, 0.25) is 0 Å². The molecule has 0 aliphatic heterocycles. The zero-order valence-corrected chi connectivity index (χ0v) is 14.1. The molecule has 0 spiro atoms. The maximum atomic E-state index is 12.4. The van der Waals surface area contributed by atoms with Crippen molar-refractivity contribution in [3.05, 3.63) is 28.3 Å². The van der Waals surface area contributed by atoms with Crippen LogP contribution in [0.15, 0.2) is 17.0 Å². The molecule has 1 rings (SSSR count). The molecule has 0 atom stereocenters. The highest BCUT2D eigenvalue weighted by molar-refractivity contribution is 8.13. The first-order chi connectivity index (χ1) is 9.09. The van der Waals surface area contributed by atoms with Gasteiger partial charge >= 0.3 is 0 Å². The van der Waals surface area contributed by atoms with Gasteiger partial charge in [-0.15, -0.1) is 0 Å². The molecule has 0 saturated heterocycles. The number of hydrogen-bond acceptors (Lipinski definition) is 3. The highest BCUT2D eigenvalue weighted by Crippen LogP contribution is 2.29. The minimum Gasteiger partial charge on any atom is -0.337 e. The normalized spacial score (nSPS) is 11.8. The number of benzene rings is 1. The number of carbonyl (C=O) groups excluding carboxylic acids is 1. The van der Waals surface area contributed by atoms with Crippen LogP contribution in [0.3, 0.4) is 0 Å². The minimum atomic E-state index is -4.00. The van der Waals surface area contributed by atoms with Crippen LogP contribution >= 0.6 is 22.3 Å². The van der Waals surface area contributed by atoms with Crippen LogP contribution < -0.4 is 0 Å². The maximum absolute atomic E-state index is 12.4. The maximum Gasteiger partial charge on any atom is 0.262 e. The van der Waals surface area contributed by atoms with Crippen molar-refractivity contribution in [1.82, 2.24) is 4.90 Å². The Bertz CT molecular complexity index is 627. The summed E-state index contributed by atoms with van der Waals surface area (Å²) in [5.74, 6) is -0.246. The van der Waals surface area contributed by atoms with E-state index in [1.54, 1.807) is 17.9 Å². The first-order valence-corrected chi connectivity index (χ1v) is 8.84. The second-order valence-corrected chi connectivity index (χ2v) is 7.64. The van der Waals surface area contributed by atoms with Crippen molar-refractivity contribution < 1.29 is 13.2 Å². The van der Waals surface area contributed by atoms with Crippen molar-refractivity contribution >= 4 is 37.2 Å². The van der Waals surface area contributed by atoms with Crippen LogP contribution in [0.5, 0.6) is 0 Å². The Labute approximate surface area is 129 Å². The lowest BCUT2D eigenvalue weighted by atomic mass is 10.1. The summed E-state index contributed by atoms with van der Waals surface area (Å²) < 4.78 is 23.0. The SMILES string of the molecule is CCN(C(=O)c1cc(C)c(Cl)c(S(=O)(=O)Cl)c1)C(C)C. The Morgan fingerprint density at radius 2 is 1.90 bits per heavy atom. The van der Waals surface area contributed by atoms with E-state index in [2.05, 4.69) is 0 Å². The lowest BCUT2D eigenvalue weighted by Crippen LogP contribution is -2.36. The van der Waals surface area contributed by atoms with Crippen molar-refractivity contribution in [2.24, 2.45) is 0 Å². The van der Waals surface area contributed by atoms with E-state index >= 15 is 0 Å². The summed E-state index contributed by atoms with van der Waals surface area (Å²) in [6.07, 6.45) is 0. The van der Waals surface area contributed by atoms with E-state index < -0.39 is 9.05 Å². The van der Waals surface area contributed by atoms with Crippen LogP contribution in [0.4, 0.5) is 0 Å². The summed E-state index contributed by atoms with van der Waals surface area (Å²) in [4.78, 5) is 13.8. The second kappa shape index (κ2) is 6.33. The van der Waals surface area contributed by atoms with Crippen LogP contribution in [0, 0.1) is 6.92 Å². The Hall–Kier alpha value is -0.780. The van der Waals surface area contributed by atoms with E-state index in [1.807, 2.05) is 20.8 Å². The topological polar surface area (TPSA) is 54.5 Å². The molecule has 0 aromatic heterocycles. The molecule has 7 heteroatoms. The molecule has 0 N–H and O–H groups in total. The van der Waals surface area contributed by atoms with E-state index in [9.17, 15) is 13.2 Å². The smallest absolute Gasteiger partial charge is 0.262 e. The predicted molar refractivity (Wildman–Crippen MR) is 81.1 cm³/mol. The molecule has 112 valence electrons. The van der Waals surface area contributed by atoms with Crippen LogP contribution in [0.25, 0.3) is 0 Å². The summed E-state index contributed by atoms with van der Waals surface area (Å²) in [6.45, 7) is 7.81. The van der Waals surface area contributed by atoms with Gasteiger partial charge in [0.15, 0.2) is 0 Å². The van der Waals surface area contributed by atoms with Crippen LogP contribution in [-0.4, -0.2) is 31.8 Å². The molecule has 0 radical (unpaired) electrons. The molecule has 1 aromatic carbocycles. The van der Waals surface area contributed by atoms with Gasteiger partial charge in [-0.05, 0) is 45.4 Å². The van der Waals surface area contributed by atoms with Gasteiger partial charge in [0.25, 0.3) is 15.0 Å². The average molecular weight is 338 g/mol. The fraction of sp³-hybridized carbons (Fsp3) is 0.462. The quantitative estimate of drug-likeness (QED) is 0.790. The number of halogens is 2. The molecule has 0 fully saturated rings. The van der Waals surface area contributed by atoms with Gasteiger partial charge in [0.05, 0.1) is 5.02 Å². The van der Waals surface area contributed by atoms with Crippen molar-refractivity contribution in [2.75, 3.05) is 6.54 Å². The van der Waals surface area contributed by atoms with Crippen LogP contribution in [0.1, 0.15) is 36.7 Å². The monoisotopic (exact) mass is 337 g/mol. The molecule has 0 aliphatic rings.